The summed E-state index contributed by atoms with van der Waals surface area (Å²) in [4.78, 5) is 31.3. The number of rotatable bonds is 4. The van der Waals surface area contributed by atoms with Crippen molar-refractivity contribution in [2.75, 3.05) is 5.32 Å². The minimum absolute atomic E-state index is 0.104. The summed E-state index contributed by atoms with van der Waals surface area (Å²) >= 11 is 0. The first-order valence-corrected chi connectivity index (χ1v) is 7.51. The predicted molar refractivity (Wildman–Crippen MR) is 91.5 cm³/mol. The molecule has 0 aliphatic rings. The second kappa shape index (κ2) is 6.52. The minimum atomic E-state index is -0.643. The van der Waals surface area contributed by atoms with Crippen molar-refractivity contribution in [1.82, 2.24) is 19.7 Å². The molecule has 3 heterocycles. The molecule has 0 aromatic carbocycles. The monoisotopic (exact) mass is 336 g/mol. The molecule has 3 aromatic heterocycles. The van der Waals surface area contributed by atoms with Crippen LogP contribution in [0.15, 0.2) is 42.7 Å². The van der Waals surface area contributed by atoms with E-state index in [2.05, 4.69) is 20.4 Å². The second-order valence-electron chi connectivity index (χ2n) is 5.49. The maximum atomic E-state index is 12.2. The highest BCUT2D eigenvalue weighted by Gasteiger charge is 2.10. The van der Waals surface area contributed by atoms with Gasteiger partial charge in [0.25, 0.3) is 11.8 Å². The number of pyridine rings is 2. The van der Waals surface area contributed by atoms with E-state index in [4.69, 9.17) is 5.73 Å². The van der Waals surface area contributed by atoms with Crippen LogP contribution in [0.4, 0.5) is 5.69 Å². The summed E-state index contributed by atoms with van der Waals surface area (Å²) in [6.45, 7) is 3.86. The molecule has 2 amide bonds. The number of nitrogens with zero attached hydrogens (tertiary/aromatic N) is 4. The van der Waals surface area contributed by atoms with Crippen LogP contribution in [0.2, 0.25) is 0 Å². The maximum Gasteiger partial charge on any atom is 0.267 e. The molecule has 0 radical (unpaired) electrons. The predicted octanol–water partition coefficient (Wildman–Crippen LogP) is 1.63. The number of carbonyl (C=O) groups excluding carboxylic acids is 2. The smallest absolute Gasteiger partial charge is 0.267 e. The maximum absolute atomic E-state index is 12.2. The Balaban J connectivity index is 1.73. The lowest BCUT2D eigenvalue weighted by Crippen LogP contribution is -2.16. The van der Waals surface area contributed by atoms with Crippen LogP contribution in [0, 0.1) is 13.8 Å². The molecule has 0 atom stereocenters. The minimum Gasteiger partial charge on any atom is -0.364 e. The zero-order chi connectivity index (χ0) is 18.0. The van der Waals surface area contributed by atoms with Gasteiger partial charge in [-0.1, -0.05) is 0 Å². The van der Waals surface area contributed by atoms with E-state index < -0.39 is 5.91 Å². The Morgan fingerprint density at radius 3 is 2.40 bits per heavy atom. The average Bonchev–Trinajstić information content (AvgIpc) is 2.94. The van der Waals surface area contributed by atoms with Crippen molar-refractivity contribution in [3.63, 3.8) is 0 Å². The van der Waals surface area contributed by atoms with Gasteiger partial charge >= 0.3 is 0 Å². The topological polar surface area (TPSA) is 116 Å². The molecule has 0 fully saturated rings. The van der Waals surface area contributed by atoms with Crippen molar-refractivity contribution >= 4 is 17.5 Å². The summed E-state index contributed by atoms with van der Waals surface area (Å²) in [5.74, 6) is -0.337. The number of carbonyl (C=O) groups is 2. The van der Waals surface area contributed by atoms with Crippen LogP contribution in [0.1, 0.15) is 32.2 Å². The third kappa shape index (κ3) is 3.52. The zero-order valence-electron chi connectivity index (χ0n) is 13.7. The quantitative estimate of drug-likeness (QED) is 0.751. The van der Waals surface area contributed by atoms with E-state index in [0.717, 1.165) is 11.4 Å². The fourth-order valence-corrected chi connectivity index (χ4v) is 2.32. The number of hydrogen-bond donors (Lipinski definition) is 2. The third-order valence-electron chi connectivity index (χ3n) is 3.51. The summed E-state index contributed by atoms with van der Waals surface area (Å²) in [6, 6.07) is 8.35. The van der Waals surface area contributed by atoms with Crippen molar-refractivity contribution in [1.29, 1.82) is 0 Å². The van der Waals surface area contributed by atoms with Gasteiger partial charge in [0.15, 0.2) is 5.82 Å². The van der Waals surface area contributed by atoms with E-state index >= 15 is 0 Å². The van der Waals surface area contributed by atoms with Gasteiger partial charge in [0.1, 0.15) is 5.69 Å². The van der Waals surface area contributed by atoms with Crippen LogP contribution in [0.25, 0.3) is 5.82 Å². The standard InChI is InChI=1S/C17H16N6O2/c1-10-7-11(2)23(22-10)15-6-4-13(9-20-15)21-17(25)12-3-5-14(16(18)24)19-8-12/h3-9H,1-2H3,(H2,18,24)(H,21,25). The van der Waals surface area contributed by atoms with E-state index in [1.807, 2.05) is 19.9 Å². The SMILES string of the molecule is Cc1cc(C)n(-c2ccc(NC(=O)c3ccc(C(N)=O)nc3)cn2)n1. The van der Waals surface area contributed by atoms with Gasteiger partial charge in [-0.2, -0.15) is 5.10 Å². The molecule has 0 saturated carbocycles. The molecule has 0 unspecified atom stereocenters. The van der Waals surface area contributed by atoms with Crippen LogP contribution >= 0.6 is 0 Å². The molecule has 8 heteroatoms. The molecule has 8 nitrogen and oxygen atoms in total. The van der Waals surface area contributed by atoms with Crippen LogP contribution in [0.3, 0.4) is 0 Å². The molecule has 3 N–H and O–H groups in total. The number of primary amides is 1. The van der Waals surface area contributed by atoms with Crippen molar-refractivity contribution in [2.45, 2.75) is 13.8 Å². The molecule has 126 valence electrons. The van der Waals surface area contributed by atoms with Gasteiger partial charge in [0, 0.05) is 11.9 Å². The summed E-state index contributed by atoms with van der Waals surface area (Å²) in [6.07, 6.45) is 2.85. The Labute approximate surface area is 143 Å². The molecular formula is C17H16N6O2. The molecule has 3 aromatic rings. The average molecular weight is 336 g/mol. The molecule has 25 heavy (non-hydrogen) atoms. The van der Waals surface area contributed by atoms with E-state index in [0.29, 0.717) is 17.1 Å². The Bertz CT molecular complexity index is 929. The normalized spacial score (nSPS) is 10.5. The summed E-state index contributed by atoms with van der Waals surface area (Å²) < 4.78 is 1.73. The largest absolute Gasteiger partial charge is 0.364 e. The van der Waals surface area contributed by atoms with Gasteiger partial charge < -0.3 is 11.1 Å². The van der Waals surface area contributed by atoms with Gasteiger partial charge in [0.05, 0.1) is 23.1 Å². The lowest BCUT2D eigenvalue weighted by atomic mass is 10.2. The number of nitrogens with one attached hydrogen (secondary N) is 1. The first-order chi connectivity index (χ1) is 11.9. The lowest BCUT2D eigenvalue weighted by molar-refractivity contribution is 0.0990. The summed E-state index contributed by atoms with van der Waals surface area (Å²) in [5.41, 5.74) is 7.95. The number of amides is 2. The number of anilines is 1. The highest BCUT2D eigenvalue weighted by Crippen LogP contribution is 2.13. The molecule has 0 spiro atoms. The Morgan fingerprint density at radius 1 is 1.08 bits per heavy atom. The fourth-order valence-electron chi connectivity index (χ4n) is 2.32. The van der Waals surface area contributed by atoms with E-state index in [9.17, 15) is 9.59 Å². The van der Waals surface area contributed by atoms with Gasteiger partial charge in [0.2, 0.25) is 0 Å². The Morgan fingerprint density at radius 2 is 1.88 bits per heavy atom. The lowest BCUT2D eigenvalue weighted by Gasteiger charge is -2.07. The van der Waals surface area contributed by atoms with E-state index in [1.165, 1.54) is 18.3 Å². The molecule has 0 aliphatic heterocycles. The summed E-state index contributed by atoms with van der Waals surface area (Å²) in [7, 11) is 0. The van der Waals surface area contributed by atoms with Gasteiger partial charge in [-0.15, -0.1) is 0 Å². The second-order valence-corrected chi connectivity index (χ2v) is 5.49. The summed E-state index contributed by atoms with van der Waals surface area (Å²) in [5, 5.41) is 7.08. The number of hydrogen-bond acceptors (Lipinski definition) is 5. The van der Waals surface area contributed by atoms with Crippen LogP contribution in [-0.4, -0.2) is 31.6 Å². The van der Waals surface area contributed by atoms with Crippen molar-refractivity contribution < 1.29 is 9.59 Å². The number of aromatic nitrogens is 4. The molecule has 3 rings (SSSR count). The number of nitrogens with two attached hydrogens (primary N) is 1. The Hall–Kier alpha value is -3.55. The van der Waals surface area contributed by atoms with Crippen LogP contribution < -0.4 is 11.1 Å². The molecular weight excluding hydrogens is 320 g/mol. The molecule has 0 aliphatic carbocycles. The number of aryl methyl sites for hydroxylation is 2. The molecule has 0 bridgehead atoms. The molecule has 0 saturated heterocycles. The first kappa shape index (κ1) is 16.3. The van der Waals surface area contributed by atoms with Gasteiger partial charge in [-0.05, 0) is 44.2 Å². The van der Waals surface area contributed by atoms with Crippen molar-refractivity contribution in [2.24, 2.45) is 5.73 Å². The van der Waals surface area contributed by atoms with E-state index in [1.54, 1.807) is 23.0 Å². The van der Waals surface area contributed by atoms with Crippen molar-refractivity contribution in [3.05, 3.63) is 65.4 Å². The van der Waals surface area contributed by atoms with Crippen LogP contribution in [-0.2, 0) is 0 Å². The highest BCUT2D eigenvalue weighted by atomic mass is 16.2. The first-order valence-electron chi connectivity index (χ1n) is 7.51. The van der Waals surface area contributed by atoms with Crippen LogP contribution in [0.5, 0.6) is 0 Å². The van der Waals surface area contributed by atoms with Crippen molar-refractivity contribution in [3.8, 4) is 5.82 Å². The third-order valence-corrected chi connectivity index (χ3v) is 3.51. The fraction of sp³-hybridized carbons (Fsp3) is 0.118. The van der Waals surface area contributed by atoms with Gasteiger partial charge in [-0.3, -0.25) is 14.6 Å². The Kier molecular flexibility index (Phi) is 4.25. The zero-order valence-corrected chi connectivity index (χ0v) is 13.7. The van der Waals surface area contributed by atoms with Gasteiger partial charge in [-0.25, -0.2) is 9.67 Å². The van der Waals surface area contributed by atoms with E-state index in [-0.39, 0.29) is 11.6 Å². The highest BCUT2D eigenvalue weighted by molar-refractivity contribution is 6.04.